The summed E-state index contributed by atoms with van der Waals surface area (Å²) in [6.45, 7) is 5.51. The van der Waals surface area contributed by atoms with Crippen LogP contribution in [0, 0.1) is 19.8 Å². The van der Waals surface area contributed by atoms with E-state index in [9.17, 15) is 4.79 Å². The van der Waals surface area contributed by atoms with Crippen molar-refractivity contribution in [2.24, 2.45) is 5.92 Å². The van der Waals surface area contributed by atoms with E-state index in [2.05, 4.69) is 19.1 Å². The first-order chi connectivity index (χ1) is 20.0. The maximum atomic E-state index is 13.2. The molecule has 2 saturated carbocycles. The Morgan fingerprint density at radius 1 is 1.00 bits per heavy atom. The number of carbonyl (C=O) groups excluding carboxylic acids is 1. The molecule has 7 nitrogen and oxygen atoms in total. The van der Waals surface area contributed by atoms with Gasteiger partial charge in [0.05, 0.1) is 19.8 Å². The van der Waals surface area contributed by atoms with Gasteiger partial charge in [0.15, 0.2) is 0 Å². The Morgan fingerprint density at radius 3 is 2.56 bits per heavy atom. The molecule has 7 heteroatoms. The first-order valence-corrected chi connectivity index (χ1v) is 15.2. The minimum Gasteiger partial charge on any atom is -0.497 e. The predicted octanol–water partition coefficient (Wildman–Crippen LogP) is 8.01. The van der Waals surface area contributed by atoms with E-state index in [1.54, 1.807) is 7.11 Å². The number of carbonyl (C=O) groups is 1. The summed E-state index contributed by atoms with van der Waals surface area (Å²) in [4.78, 5) is 20.0. The number of rotatable bonds is 11. The molecule has 2 atom stereocenters. The molecule has 220 valence electrons. The van der Waals surface area contributed by atoms with E-state index >= 15 is 0 Å². The standard InChI is InChI=1S/C34H44N2O5/c1-24-8-6-10-28(20-24)33-35-32(25(2)41-33)23-39-31-13-7-9-26(21-31)18-19-36(29-11-4-5-12-29)34(37)40-22-27-14-16-30(38-3)17-15-27/h6,8,10,14-17,20,26,29,31H,4-5,7,9,11-13,18-19,21-23H2,1-3H3/t26-,31-/m0/s1. The van der Waals surface area contributed by atoms with Gasteiger partial charge in [-0.25, -0.2) is 9.78 Å². The van der Waals surface area contributed by atoms with E-state index < -0.39 is 0 Å². The molecule has 3 aromatic rings. The number of nitrogens with zero attached hydrogens (tertiary/aromatic N) is 2. The second-order valence-corrected chi connectivity index (χ2v) is 11.7. The summed E-state index contributed by atoms with van der Waals surface area (Å²) in [6.07, 6.45) is 9.89. The Labute approximate surface area is 244 Å². The molecule has 0 saturated heterocycles. The van der Waals surface area contributed by atoms with Crippen LogP contribution in [0.15, 0.2) is 52.9 Å². The minimum absolute atomic E-state index is 0.192. The van der Waals surface area contributed by atoms with Crippen molar-refractivity contribution in [2.75, 3.05) is 13.7 Å². The Kier molecular flexibility index (Phi) is 9.99. The molecule has 0 bridgehead atoms. The highest BCUT2D eigenvalue weighted by atomic mass is 16.6. The van der Waals surface area contributed by atoms with Gasteiger partial charge in [-0.3, -0.25) is 0 Å². The predicted molar refractivity (Wildman–Crippen MR) is 159 cm³/mol. The smallest absolute Gasteiger partial charge is 0.410 e. The van der Waals surface area contributed by atoms with Crippen LogP contribution in [0.5, 0.6) is 5.75 Å². The summed E-state index contributed by atoms with van der Waals surface area (Å²) in [7, 11) is 1.65. The van der Waals surface area contributed by atoms with Crippen LogP contribution in [-0.2, 0) is 22.7 Å². The van der Waals surface area contributed by atoms with E-state index in [0.29, 0.717) is 18.4 Å². The van der Waals surface area contributed by atoms with E-state index in [1.165, 1.54) is 24.8 Å². The lowest BCUT2D eigenvalue weighted by molar-refractivity contribution is -0.00244. The topological polar surface area (TPSA) is 74.0 Å². The zero-order valence-electron chi connectivity index (χ0n) is 24.8. The van der Waals surface area contributed by atoms with Crippen molar-refractivity contribution in [3.63, 3.8) is 0 Å². The number of aromatic nitrogens is 1. The molecule has 2 aliphatic carbocycles. The number of hydrogen-bond acceptors (Lipinski definition) is 6. The number of hydrogen-bond donors (Lipinski definition) is 0. The zero-order valence-corrected chi connectivity index (χ0v) is 24.8. The van der Waals surface area contributed by atoms with Crippen molar-refractivity contribution in [1.82, 2.24) is 9.88 Å². The minimum atomic E-state index is -0.192. The molecule has 5 rings (SSSR count). The zero-order chi connectivity index (χ0) is 28.6. The lowest BCUT2D eigenvalue weighted by Gasteiger charge is -2.33. The number of aryl methyl sites for hydroxylation is 2. The largest absolute Gasteiger partial charge is 0.497 e. The normalized spacial score (nSPS) is 19.3. The second-order valence-electron chi connectivity index (χ2n) is 11.7. The molecule has 0 radical (unpaired) electrons. The van der Waals surface area contributed by atoms with Crippen molar-refractivity contribution < 1.29 is 23.4 Å². The van der Waals surface area contributed by atoms with Crippen LogP contribution in [0.2, 0.25) is 0 Å². The van der Waals surface area contributed by atoms with Crippen molar-refractivity contribution in [1.29, 1.82) is 0 Å². The summed E-state index contributed by atoms with van der Waals surface area (Å²) in [5.41, 5.74) is 4.01. The van der Waals surface area contributed by atoms with Crippen molar-refractivity contribution >= 4 is 6.09 Å². The number of oxazole rings is 1. The molecule has 1 heterocycles. The van der Waals surface area contributed by atoms with Crippen LogP contribution in [0.4, 0.5) is 4.79 Å². The fourth-order valence-corrected chi connectivity index (χ4v) is 6.23. The third kappa shape index (κ3) is 7.91. The summed E-state index contributed by atoms with van der Waals surface area (Å²) in [5, 5.41) is 0. The third-order valence-electron chi connectivity index (χ3n) is 8.65. The molecule has 0 spiro atoms. The Bertz CT molecular complexity index is 1260. The van der Waals surface area contributed by atoms with Gasteiger partial charge in [0.2, 0.25) is 5.89 Å². The Balaban J connectivity index is 1.12. The van der Waals surface area contributed by atoms with Gasteiger partial charge in [0.1, 0.15) is 23.8 Å². The van der Waals surface area contributed by atoms with Crippen LogP contribution >= 0.6 is 0 Å². The highest BCUT2D eigenvalue weighted by Gasteiger charge is 2.30. The first-order valence-electron chi connectivity index (χ1n) is 15.2. The SMILES string of the molecule is COc1ccc(COC(=O)N(CC[C@@H]2CCC[C@H](OCc3nc(-c4cccc(C)c4)oc3C)C2)C2CCCC2)cc1. The van der Waals surface area contributed by atoms with Crippen LogP contribution in [0.1, 0.15) is 80.4 Å². The van der Waals surface area contributed by atoms with Gasteiger partial charge in [-0.05, 0) is 81.7 Å². The molecule has 1 amide bonds. The van der Waals surface area contributed by atoms with E-state index in [1.807, 2.05) is 48.2 Å². The highest BCUT2D eigenvalue weighted by Crippen LogP contribution is 2.32. The van der Waals surface area contributed by atoms with Gasteiger partial charge < -0.3 is 23.5 Å². The molecule has 1 aromatic heterocycles. The molecular weight excluding hydrogens is 516 g/mol. The fraction of sp³-hybridized carbons (Fsp3) is 0.529. The van der Waals surface area contributed by atoms with Gasteiger partial charge in [0.25, 0.3) is 0 Å². The summed E-state index contributed by atoms with van der Waals surface area (Å²) in [5.74, 6) is 2.80. The maximum absolute atomic E-state index is 13.2. The van der Waals surface area contributed by atoms with Gasteiger partial charge in [-0.1, -0.05) is 55.5 Å². The molecule has 2 aliphatic rings. The Morgan fingerprint density at radius 2 is 1.80 bits per heavy atom. The monoisotopic (exact) mass is 560 g/mol. The average Bonchev–Trinajstić information content (AvgIpc) is 3.66. The van der Waals surface area contributed by atoms with Crippen LogP contribution in [0.25, 0.3) is 11.5 Å². The number of benzene rings is 2. The van der Waals surface area contributed by atoms with Gasteiger partial charge in [-0.2, -0.15) is 0 Å². The molecule has 0 N–H and O–H groups in total. The Hall–Kier alpha value is -3.32. The van der Waals surface area contributed by atoms with Crippen LogP contribution in [0.3, 0.4) is 0 Å². The summed E-state index contributed by atoms with van der Waals surface area (Å²) in [6, 6.07) is 16.2. The summed E-state index contributed by atoms with van der Waals surface area (Å²) >= 11 is 0. The van der Waals surface area contributed by atoms with E-state index in [0.717, 1.165) is 73.4 Å². The number of methoxy groups -OCH3 is 1. The van der Waals surface area contributed by atoms with Crippen LogP contribution < -0.4 is 4.74 Å². The van der Waals surface area contributed by atoms with Crippen LogP contribution in [-0.4, -0.2) is 41.8 Å². The van der Waals surface area contributed by atoms with Crippen molar-refractivity contribution in [3.8, 4) is 17.2 Å². The van der Waals surface area contributed by atoms with Crippen molar-refractivity contribution in [3.05, 3.63) is 71.1 Å². The molecule has 2 aromatic carbocycles. The lowest BCUT2D eigenvalue weighted by Crippen LogP contribution is -2.40. The number of ether oxygens (including phenoxy) is 3. The average molecular weight is 561 g/mol. The molecule has 0 aliphatic heterocycles. The maximum Gasteiger partial charge on any atom is 0.410 e. The molecule has 0 unspecified atom stereocenters. The molecule has 41 heavy (non-hydrogen) atoms. The summed E-state index contributed by atoms with van der Waals surface area (Å²) < 4.78 is 23.4. The van der Waals surface area contributed by atoms with E-state index in [-0.39, 0.29) is 24.8 Å². The fourth-order valence-electron chi connectivity index (χ4n) is 6.23. The first kappa shape index (κ1) is 29.2. The molecule has 2 fully saturated rings. The third-order valence-corrected chi connectivity index (χ3v) is 8.65. The second kappa shape index (κ2) is 14.0. The quantitative estimate of drug-likeness (QED) is 0.236. The lowest BCUT2D eigenvalue weighted by atomic mass is 9.85. The van der Waals surface area contributed by atoms with Gasteiger partial charge >= 0.3 is 6.09 Å². The van der Waals surface area contributed by atoms with Gasteiger partial charge in [-0.15, -0.1) is 0 Å². The van der Waals surface area contributed by atoms with Gasteiger partial charge in [0, 0.05) is 18.2 Å². The van der Waals surface area contributed by atoms with Crippen molar-refractivity contribution in [2.45, 2.75) is 97.0 Å². The number of amides is 1. The van der Waals surface area contributed by atoms with E-state index in [4.69, 9.17) is 23.6 Å². The highest BCUT2D eigenvalue weighted by molar-refractivity contribution is 5.68. The molecular formula is C34H44N2O5.